The van der Waals surface area contributed by atoms with Crippen LogP contribution in [0.5, 0.6) is 0 Å². The molecule has 0 heteroatoms. The molecule has 5 unspecified atom stereocenters. The molecule has 0 nitrogen and oxygen atoms in total. The van der Waals surface area contributed by atoms with Gasteiger partial charge in [-0.2, -0.15) is 0 Å². The number of rotatable bonds is 0. The van der Waals surface area contributed by atoms with E-state index in [4.69, 9.17) is 0 Å². The first-order valence-electron chi connectivity index (χ1n) is 5.05. The van der Waals surface area contributed by atoms with Gasteiger partial charge in [0.05, 0.1) is 0 Å². The summed E-state index contributed by atoms with van der Waals surface area (Å²) in [5.74, 6) is 4.03. The monoisotopic (exact) mass is 152 g/mol. The fourth-order valence-electron chi connectivity index (χ4n) is 3.78. The van der Waals surface area contributed by atoms with Gasteiger partial charge < -0.3 is 0 Å². The highest BCUT2D eigenvalue weighted by molar-refractivity contribution is 5.04. The molecule has 0 amide bonds. The SMILES string of the molecule is CC1CC2(C)C(C)CC1C2C. The third-order valence-corrected chi connectivity index (χ3v) is 4.93. The van der Waals surface area contributed by atoms with Crippen LogP contribution >= 0.6 is 0 Å². The minimum Gasteiger partial charge on any atom is -0.0622 e. The van der Waals surface area contributed by atoms with Gasteiger partial charge in [-0.15, -0.1) is 0 Å². The Bertz CT molecular complexity index is 173. The lowest BCUT2D eigenvalue weighted by Gasteiger charge is -2.32. The minimum atomic E-state index is 0.698. The van der Waals surface area contributed by atoms with Gasteiger partial charge in [0, 0.05) is 0 Å². The molecule has 0 aromatic rings. The van der Waals surface area contributed by atoms with Crippen molar-refractivity contribution in [3.63, 3.8) is 0 Å². The third-order valence-electron chi connectivity index (χ3n) is 4.93. The largest absolute Gasteiger partial charge is 0.0622 e. The molecule has 2 saturated carbocycles. The van der Waals surface area contributed by atoms with Crippen molar-refractivity contribution in [2.45, 2.75) is 40.5 Å². The molecule has 5 atom stereocenters. The van der Waals surface area contributed by atoms with Crippen molar-refractivity contribution >= 4 is 0 Å². The van der Waals surface area contributed by atoms with Crippen LogP contribution in [0, 0.1) is 29.1 Å². The molecule has 11 heavy (non-hydrogen) atoms. The normalized spacial score (nSPS) is 62.2. The van der Waals surface area contributed by atoms with E-state index in [1.807, 2.05) is 0 Å². The molecule has 2 fully saturated rings. The molecule has 0 saturated heterocycles. The zero-order chi connectivity index (χ0) is 8.22. The highest BCUT2D eigenvalue weighted by Crippen LogP contribution is 2.63. The molecule has 0 aliphatic heterocycles. The lowest BCUT2D eigenvalue weighted by atomic mass is 9.73. The summed E-state index contributed by atoms with van der Waals surface area (Å²) in [6.07, 6.45) is 2.98. The first-order valence-corrected chi connectivity index (χ1v) is 5.05. The number of hydrogen-bond donors (Lipinski definition) is 0. The second-order valence-electron chi connectivity index (χ2n) is 5.28. The predicted molar refractivity (Wildman–Crippen MR) is 48.3 cm³/mol. The van der Waals surface area contributed by atoms with E-state index in [1.165, 1.54) is 12.8 Å². The average molecular weight is 152 g/mol. The van der Waals surface area contributed by atoms with Crippen molar-refractivity contribution in [3.05, 3.63) is 0 Å². The van der Waals surface area contributed by atoms with Crippen molar-refractivity contribution in [1.82, 2.24) is 0 Å². The number of fused-ring (bicyclic) bond motifs is 2. The smallest absolute Gasteiger partial charge is 0.0269 e. The first-order chi connectivity index (χ1) is 5.05. The van der Waals surface area contributed by atoms with Gasteiger partial charge >= 0.3 is 0 Å². The van der Waals surface area contributed by atoms with E-state index in [0.717, 1.165) is 23.7 Å². The van der Waals surface area contributed by atoms with Crippen LogP contribution in [-0.4, -0.2) is 0 Å². The molecular weight excluding hydrogens is 132 g/mol. The van der Waals surface area contributed by atoms with Crippen molar-refractivity contribution in [3.8, 4) is 0 Å². The Morgan fingerprint density at radius 1 is 1.18 bits per heavy atom. The van der Waals surface area contributed by atoms with Gasteiger partial charge in [-0.05, 0) is 41.9 Å². The van der Waals surface area contributed by atoms with E-state index in [0.29, 0.717) is 5.41 Å². The summed E-state index contributed by atoms with van der Waals surface area (Å²) in [6, 6.07) is 0. The third kappa shape index (κ3) is 0.761. The number of hydrogen-bond acceptors (Lipinski definition) is 0. The van der Waals surface area contributed by atoms with Crippen molar-refractivity contribution < 1.29 is 0 Å². The van der Waals surface area contributed by atoms with Gasteiger partial charge in [0.15, 0.2) is 0 Å². The van der Waals surface area contributed by atoms with Crippen molar-refractivity contribution in [1.29, 1.82) is 0 Å². The molecule has 2 bridgehead atoms. The summed E-state index contributed by atoms with van der Waals surface area (Å²) in [5, 5.41) is 0. The van der Waals surface area contributed by atoms with Crippen LogP contribution in [0.3, 0.4) is 0 Å². The summed E-state index contributed by atoms with van der Waals surface area (Å²) < 4.78 is 0. The van der Waals surface area contributed by atoms with Gasteiger partial charge in [-0.25, -0.2) is 0 Å². The van der Waals surface area contributed by atoms with E-state index in [2.05, 4.69) is 27.7 Å². The van der Waals surface area contributed by atoms with Gasteiger partial charge in [-0.3, -0.25) is 0 Å². The van der Waals surface area contributed by atoms with Gasteiger partial charge in [0.25, 0.3) is 0 Å². The van der Waals surface area contributed by atoms with E-state index < -0.39 is 0 Å². The molecule has 2 aliphatic rings. The summed E-state index contributed by atoms with van der Waals surface area (Å²) in [7, 11) is 0. The van der Waals surface area contributed by atoms with Gasteiger partial charge in [-0.1, -0.05) is 27.7 Å². The Hall–Kier alpha value is 0. The van der Waals surface area contributed by atoms with Crippen LogP contribution in [0.1, 0.15) is 40.5 Å². The lowest BCUT2D eigenvalue weighted by molar-refractivity contribution is 0.175. The minimum absolute atomic E-state index is 0.698. The predicted octanol–water partition coefficient (Wildman–Crippen LogP) is 3.32. The van der Waals surface area contributed by atoms with Crippen LogP contribution in [0.2, 0.25) is 0 Å². The maximum atomic E-state index is 2.51. The first kappa shape index (κ1) is 7.64. The molecule has 0 N–H and O–H groups in total. The van der Waals surface area contributed by atoms with Crippen molar-refractivity contribution in [2.24, 2.45) is 29.1 Å². The second-order valence-corrected chi connectivity index (χ2v) is 5.28. The molecule has 64 valence electrons. The highest BCUT2D eigenvalue weighted by atomic mass is 14.6. The van der Waals surface area contributed by atoms with E-state index >= 15 is 0 Å². The zero-order valence-electron chi connectivity index (χ0n) is 8.22. The molecule has 2 rings (SSSR count). The standard InChI is InChI=1S/C11H20/c1-7-6-11(4)8(2)5-10(7)9(11)3/h7-10H,5-6H2,1-4H3. The summed E-state index contributed by atoms with van der Waals surface area (Å²) in [4.78, 5) is 0. The quantitative estimate of drug-likeness (QED) is 0.499. The molecular formula is C11H20. The zero-order valence-corrected chi connectivity index (χ0v) is 8.22. The fourth-order valence-corrected chi connectivity index (χ4v) is 3.78. The van der Waals surface area contributed by atoms with Crippen LogP contribution < -0.4 is 0 Å². The Morgan fingerprint density at radius 3 is 2.09 bits per heavy atom. The fraction of sp³-hybridized carbons (Fsp3) is 1.00. The topological polar surface area (TPSA) is 0 Å². The van der Waals surface area contributed by atoms with Crippen LogP contribution in [0.4, 0.5) is 0 Å². The summed E-state index contributed by atoms with van der Waals surface area (Å²) in [5.41, 5.74) is 0.698. The van der Waals surface area contributed by atoms with Crippen molar-refractivity contribution in [2.75, 3.05) is 0 Å². The van der Waals surface area contributed by atoms with E-state index in [1.54, 1.807) is 0 Å². The Kier molecular flexibility index (Phi) is 1.41. The Balaban J connectivity index is 2.30. The van der Waals surface area contributed by atoms with Crippen LogP contribution in [0.25, 0.3) is 0 Å². The molecule has 0 aromatic heterocycles. The van der Waals surface area contributed by atoms with Gasteiger partial charge in [0.1, 0.15) is 0 Å². The van der Waals surface area contributed by atoms with Gasteiger partial charge in [0.2, 0.25) is 0 Å². The Morgan fingerprint density at radius 2 is 1.82 bits per heavy atom. The molecule has 0 heterocycles. The maximum Gasteiger partial charge on any atom is -0.0269 e. The summed E-state index contributed by atoms with van der Waals surface area (Å²) in [6.45, 7) is 9.87. The molecule has 0 spiro atoms. The lowest BCUT2D eigenvalue weighted by Crippen LogP contribution is -2.24. The average Bonchev–Trinajstić information content (AvgIpc) is 2.23. The highest BCUT2D eigenvalue weighted by Gasteiger charge is 2.55. The molecule has 0 radical (unpaired) electrons. The van der Waals surface area contributed by atoms with Crippen LogP contribution in [0.15, 0.2) is 0 Å². The maximum absolute atomic E-state index is 2.51. The van der Waals surface area contributed by atoms with E-state index in [9.17, 15) is 0 Å². The van der Waals surface area contributed by atoms with E-state index in [-0.39, 0.29) is 0 Å². The summed E-state index contributed by atoms with van der Waals surface area (Å²) >= 11 is 0. The second kappa shape index (κ2) is 2.02. The van der Waals surface area contributed by atoms with Crippen LogP contribution in [-0.2, 0) is 0 Å². The molecule has 2 aliphatic carbocycles. The molecule has 0 aromatic carbocycles. The Labute approximate surface area is 70.4 Å².